The molecule has 0 aliphatic rings. The summed E-state index contributed by atoms with van der Waals surface area (Å²) in [5, 5.41) is 0. The standard InChI is InChI=1S/C10H13NO2/c1-7(2)6-8(11)10(12)9-4-3-5-13-9/h3-5,8H,1,6,11H2,2H3/p+1. The van der Waals surface area contributed by atoms with Gasteiger partial charge in [0.05, 0.1) is 6.26 Å². The van der Waals surface area contributed by atoms with Crippen LogP contribution in [0.5, 0.6) is 0 Å². The smallest absolute Gasteiger partial charge is 0.255 e. The van der Waals surface area contributed by atoms with Gasteiger partial charge in [-0.05, 0) is 19.1 Å². The van der Waals surface area contributed by atoms with Gasteiger partial charge in [0, 0.05) is 6.42 Å². The van der Waals surface area contributed by atoms with E-state index in [2.05, 4.69) is 12.3 Å². The van der Waals surface area contributed by atoms with E-state index in [-0.39, 0.29) is 11.8 Å². The van der Waals surface area contributed by atoms with Crippen LogP contribution in [0, 0.1) is 0 Å². The maximum Gasteiger partial charge on any atom is 0.255 e. The van der Waals surface area contributed by atoms with Crippen LogP contribution < -0.4 is 5.73 Å². The first-order valence-electron chi connectivity index (χ1n) is 4.16. The van der Waals surface area contributed by atoms with Gasteiger partial charge in [0.1, 0.15) is 0 Å². The summed E-state index contributed by atoms with van der Waals surface area (Å²) in [4.78, 5) is 11.5. The number of furan rings is 1. The molecule has 13 heavy (non-hydrogen) atoms. The number of quaternary nitrogens is 1. The summed E-state index contributed by atoms with van der Waals surface area (Å²) in [6, 6.07) is 3.06. The minimum atomic E-state index is -0.288. The molecular formula is C10H14NO2+. The minimum absolute atomic E-state index is 0.0620. The third-order valence-electron chi connectivity index (χ3n) is 1.73. The van der Waals surface area contributed by atoms with Crippen LogP contribution in [0.4, 0.5) is 0 Å². The highest BCUT2D eigenvalue weighted by Crippen LogP contribution is 2.07. The SMILES string of the molecule is C=C(C)CC([NH3+])C(=O)c1ccco1. The first-order chi connectivity index (χ1) is 6.11. The van der Waals surface area contributed by atoms with Crippen molar-refractivity contribution in [2.45, 2.75) is 19.4 Å². The largest absolute Gasteiger partial charge is 0.461 e. The van der Waals surface area contributed by atoms with Crippen molar-refractivity contribution >= 4 is 5.78 Å². The monoisotopic (exact) mass is 180 g/mol. The number of carbonyl (C=O) groups is 1. The van der Waals surface area contributed by atoms with Crippen molar-refractivity contribution in [1.29, 1.82) is 0 Å². The molecule has 1 rings (SSSR count). The summed E-state index contributed by atoms with van der Waals surface area (Å²) in [6.45, 7) is 5.62. The fourth-order valence-electron chi connectivity index (χ4n) is 1.13. The third-order valence-corrected chi connectivity index (χ3v) is 1.73. The highest BCUT2D eigenvalue weighted by Gasteiger charge is 2.21. The normalized spacial score (nSPS) is 12.5. The Hall–Kier alpha value is -1.35. The van der Waals surface area contributed by atoms with Crippen molar-refractivity contribution in [3.05, 3.63) is 36.3 Å². The van der Waals surface area contributed by atoms with Gasteiger partial charge in [-0.2, -0.15) is 0 Å². The molecule has 0 radical (unpaired) electrons. The van der Waals surface area contributed by atoms with Crippen molar-refractivity contribution in [1.82, 2.24) is 0 Å². The maximum absolute atomic E-state index is 11.5. The molecule has 1 unspecified atom stereocenters. The van der Waals surface area contributed by atoms with Crippen LogP contribution in [-0.4, -0.2) is 11.8 Å². The van der Waals surface area contributed by atoms with E-state index >= 15 is 0 Å². The summed E-state index contributed by atoms with van der Waals surface area (Å²) in [5.41, 5.74) is 4.72. The van der Waals surface area contributed by atoms with Crippen LogP contribution in [0.3, 0.4) is 0 Å². The second kappa shape index (κ2) is 4.05. The molecule has 0 spiro atoms. The molecule has 0 aliphatic heterocycles. The number of carbonyl (C=O) groups excluding carboxylic acids is 1. The van der Waals surface area contributed by atoms with E-state index in [1.54, 1.807) is 12.1 Å². The molecule has 1 atom stereocenters. The number of Topliss-reactive ketones (excluding diaryl/α,β-unsaturated/α-hetero) is 1. The average Bonchev–Trinajstić information content (AvgIpc) is 2.53. The van der Waals surface area contributed by atoms with Gasteiger partial charge >= 0.3 is 0 Å². The van der Waals surface area contributed by atoms with E-state index < -0.39 is 0 Å². The molecule has 1 aromatic rings. The fraction of sp³-hybridized carbons (Fsp3) is 0.300. The Bertz CT molecular complexity index is 301. The fourth-order valence-corrected chi connectivity index (χ4v) is 1.13. The Morgan fingerprint density at radius 3 is 2.92 bits per heavy atom. The maximum atomic E-state index is 11.5. The first-order valence-corrected chi connectivity index (χ1v) is 4.16. The van der Waals surface area contributed by atoms with Gasteiger partial charge in [0.2, 0.25) is 0 Å². The summed E-state index contributed by atoms with van der Waals surface area (Å²) < 4.78 is 4.98. The second-order valence-corrected chi connectivity index (χ2v) is 3.20. The lowest BCUT2D eigenvalue weighted by molar-refractivity contribution is -0.398. The van der Waals surface area contributed by atoms with Crippen molar-refractivity contribution < 1.29 is 14.9 Å². The molecule has 0 aromatic carbocycles. The lowest BCUT2D eigenvalue weighted by Crippen LogP contribution is -2.64. The van der Waals surface area contributed by atoms with Crippen molar-refractivity contribution in [3.63, 3.8) is 0 Å². The van der Waals surface area contributed by atoms with Gasteiger partial charge in [-0.1, -0.05) is 12.2 Å². The zero-order valence-corrected chi connectivity index (χ0v) is 7.75. The molecule has 0 fully saturated rings. The predicted molar refractivity (Wildman–Crippen MR) is 49.1 cm³/mol. The van der Waals surface area contributed by atoms with E-state index in [1.165, 1.54) is 6.26 Å². The molecule has 0 saturated carbocycles. The summed E-state index contributed by atoms with van der Waals surface area (Å²) >= 11 is 0. The molecule has 0 bridgehead atoms. The Morgan fingerprint density at radius 2 is 2.46 bits per heavy atom. The summed E-state index contributed by atoms with van der Waals surface area (Å²) in [6.07, 6.45) is 2.10. The quantitative estimate of drug-likeness (QED) is 0.556. The van der Waals surface area contributed by atoms with Gasteiger partial charge in [-0.3, -0.25) is 4.79 Å². The summed E-state index contributed by atoms with van der Waals surface area (Å²) in [5.74, 6) is 0.314. The van der Waals surface area contributed by atoms with Crippen molar-refractivity contribution in [2.75, 3.05) is 0 Å². The van der Waals surface area contributed by atoms with Crippen molar-refractivity contribution in [2.24, 2.45) is 0 Å². The topological polar surface area (TPSA) is 57.9 Å². The molecule has 3 heteroatoms. The molecule has 0 saturated heterocycles. The molecule has 3 N–H and O–H groups in total. The molecular weight excluding hydrogens is 166 g/mol. The molecule has 0 amide bonds. The molecule has 1 heterocycles. The Kier molecular flexibility index (Phi) is 3.03. The minimum Gasteiger partial charge on any atom is -0.461 e. The Labute approximate surface area is 77.2 Å². The van der Waals surface area contributed by atoms with Crippen molar-refractivity contribution in [3.8, 4) is 0 Å². The number of ketones is 1. The Balaban J connectivity index is 2.63. The van der Waals surface area contributed by atoms with Gasteiger partial charge < -0.3 is 10.2 Å². The molecule has 1 aromatic heterocycles. The second-order valence-electron chi connectivity index (χ2n) is 3.20. The van der Waals surface area contributed by atoms with Crippen LogP contribution in [0.2, 0.25) is 0 Å². The number of hydrogen-bond acceptors (Lipinski definition) is 2. The molecule has 0 aliphatic carbocycles. The lowest BCUT2D eigenvalue weighted by atomic mass is 10.0. The van der Waals surface area contributed by atoms with Crippen LogP contribution in [0.15, 0.2) is 35.0 Å². The number of hydrogen-bond donors (Lipinski definition) is 1. The average molecular weight is 180 g/mol. The van der Waals surface area contributed by atoms with E-state index in [1.807, 2.05) is 6.92 Å². The number of rotatable bonds is 4. The lowest BCUT2D eigenvalue weighted by Gasteiger charge is -2.04. The third kappa shape index (κ3) is 2.56. The highest BCUT2D eigenvalue weighted by molar-refractivity contribution is 5.96. The molecule has 70 valence electrons. The van der Waals surface area contributed by atoms with E-state index in [0.717, 1.165) is 5.57 Å². The zero-order chi connectivity index (χ0) is 9.84. The zero-order valence-electron chi connectivity index (χ0n) is 7.75. The van der Waals surface area contributed by atoms with E-state index in [0.29, 0.717) is 12.2 Å². The van der Waals surface area contributed by atoms with Gasteiger partial charge in [-0.25, -0.2) is 0 Å². The van der Waals surface area contributed by atoms with Crippen LogP contribution in [-0.2, 0) is 0 Å². The van der Waals surface area contributed by atoms with E-state index in [9.17, 15) is 4.79 Å². The van der Waals surface area contributed by atoms with Crippen LogP contribution >= 0.6 is 0 Å². The Morgan fingerprint density at radius 1 is 1.77 bits per heavy atom. The van der Waals surface area contributed by atoms with Gasteiger partial charge in [0.15, 0.2) is 11.8 Å². The van der Waals surface area contributed by atoms with Gasteiger partial charge in [-0.15, -0.1) is 0 Å². The van der Waals surface area contributed by atoms with Gasteiger partial charge in [0.25, 0.3) is 5.78 Å². The predicted octanol–water partition coefficient (Wildman–Crippen LogP) is 1.04. The highest BCUT2D eigenvalue weighted by atomic mass is 16.3. The van der Waals surface area contributed by atoms with Crippen LogP contribution in [0.25, 0.3) is 0 Å². The molecule has 3 nitrogen and oxygen atoms in total. The summed E-state index contributed by atoms with van der Waals surface area (Å²) in [7, 11) is 0. The van der Waals surface area contributed by atoms with Crippen LogP contribution in [0.1, 0.15) is 23.9 Å². The first kappa shape index (κ1) is 9.74. The van der Waals surface area contributed by atoms with E-state index in [4.69, 9.17) is 4.42 Å².